The number of aliphatic hydroxyl groups excluding tert-OH is 1. The van der Waals surface area contributed by atoms with Crippen LogP contribution in [-0.2, 0) is 15.6 Å². The van der Waals surface area contributed by atoms with Crippen molar-refractivity contribution >= 4 is 43.7 Å². The molecule has 21 heavy (non-hydrogen) atoms. The van der Waals surface area contributed by atoms with Crippen LogP contribution in [0, 0.1) is 0 Å². The molecule has 4 nitrogen and oxygen atoms in total. The lowest BCUT2D eigenvalue weighted by Gasteiger charge is -2.20. The Hall–Kier alpha value is -1.56. The average Bonchev–Trinajstić information content (AvgIpc) is 2.40. The molecule has 2 aromatic rings. The molecule has 0 amide bonds. The molecule has 7 heteroatoms. The quantitative estimate of drug-likeness (QED) is 0.858. The monoisotopic (exact) mass is 341 g/mol. The van der Waals surface area contributed by atoms with E-state index in [2.05, 4.69) is 4.98 Å². The van der Waals surface area contributed by atoms with Crippen LogP contribution < -0.4 is 0 Å². The molecule has 0 spiro atoms. The van der Waals surface area contributed by atoms with E-state index in [9.17, 15) is 13.5 Å². The maximum Gasteiger partial charge on any atom is 0.186 e. The average molecular weight is 342 g/mol. The number of aromatic nitrogens is 1. The van der Waals surface area contributed by atoms with Gasteiger partial charge in [-0.05, 0) is 23.8 Å². The first kappa shape index (κ1) is 14.4. The summed E-state index contributed by atoms with van der Waals surface area (Å²) < 4.78 is 24.9. The van der Waals surface area contributed by atoms with Gasteiger partial charge < -0.3 is 5.11 Å². The van der Waals surface area contributed by atoms with Gasteiger partial charge in [0.05, 0.1) is 10.8 Å². The van der Waals surface area contributed by atoms with Crippen LogP contribution in [0.4, 0.5) is 0 Å². The topological polar surface area (TPSA) is 67.3 Å². The molecule has 0 radical (unpaired) electrons. The molecule has 0 saturated carbocycles. The molecule has 1 aliphatic rings. The van der Waals surface area contributed by atoms with E-state index in [-0.39, 0.29) is 32.7 Å². The fourth-order valence-corrected chi connectivity index (χ4v) is 4.52. The fraction of sp³-hybridized carbons (Fsp3) is 0.0714. The lowest BCUT2D eigenvalue weighted by atomic mass is 10.1. The zero-order chi connectivity index (χ0) is 15.2. The number of aliphatic hydroxyl groups is 1. The zero-order valence-electron chi connectivity index (χ0n) is 10.5. The highest BCUT2D eigenvalue weighted by Gasteiger charge is 2.33. The Labute approximate surface area is 131 Å². The summed E-state index contributed by atoms with van der Waals surface area (Å²) in [6.45, 7) is 0. The summed E-state index contributed by atoms with van der Waals surface area (Å²) in [5.41, 5.74) is 0.937. The van der Waals surface area contributed by atoms with Crippen molar-refractivity contribution < 1.29 is 13.5 Å². The maximum absolute atomic E-state index is 12.5. The van der Waals surface area contributed by atoms with Crippen LogP contribution >= 0.6 is 23.2 Å². The van der Waals surface area contributed by atoms with Crippen molar-refractivity contribution in [3.8, 4) is 0 Å². The van der Waals surface area contributed by atoms with Crippen LogP contribution in [0.2, 0.25) is 10.0 Å². The van der Waals surface area contributed by atoms with Crippen LogP contribution in [0.3, 0.4) is 0 Å². The SMILES string of the molecule is O=S1(=O)Cc2cccnc2C(O)=C1c1ccc(Cl)cc1Cl. The molecule has 108 valence electrons. The normalized spacial score (nSPS) is 16.7. The number of pyridine rings is 1. The Kier molecular flexibility index (Phi) is 3.43. The van der Waals surface area contributed by atoms with Crippen LogP contribution in [-0.4, -0.2) is 18.5 Å². The van der Waals surface area contributed by atoms with Crippen LogP contribution in [0.5, 0.6) is 0 Å². The summed E-state index contributed by atoms with van der Waals surface area (Å²) in [5.74, 6) is -0.616. The van der Waals surface area contributed by atoms with Crippen molar-refractivity contribution in [2.45, 2.75) is 5.75 Å². The van der Waals surface area contributed by atoms with Gasteiger partial charge in [-0.15, -0.1) is 0 Å². The standard InChI is InChI=1S/C14H9Cl2NO3S/c15-9-3-4-10(11(16)6-9)14-13(18)12-8(2-1-5-17-12)7-21(14,19)20/h1-6,18H,7H2. The van der Waals surface area contributed by atoms with Crippen molar-refractivity contribution in [3.05, 3.63) is 63.4 Å². The van der Waals surface area contributed by atoms with E-state index in [1.165, 1.54) is 24.4 Å². The molecule has 0 atom stereocenters. The Balaban J connectivity index is 2.34. The summed E-state index contributed by atoms with van der Waals surface area (Å²) in [6.07, 6.45) is 1.49. The van der Waals surface area contributed by atoms with Gasteiger partial charge in [-0.3, -0.25) is 4.98 Å². The molecule has 0 bridgehead atoms. The van der Waals surface area contributed by atoms with Gasteiger partial charge in [-0.2, -0.15) is 0 Å². The summed E-state index contributed by atoms with van der Waals surface area (Å²) in [6, 6.07) is 7.68. The van der Waals surface area contributed by atoms with Crippen molar-refractivity contribution in [3.63, 3.8) is 0 Å². The summed E-state index contributed by atoms with van der Waals surface area (Å²) >= 11 is 11.9. The van der Waals surface area contributed by atoms with E-state index in [0.29, 0.717) is 10.6 Å². The van der Waals surface area contributed by atoms with E-state index < -0.39 is 9.84 Å². The minimum Gasteiger partial charge on any atom is -0.504 e. The molecule has 3 rings (SSSR count). The van der Waals surface area contributed by atoms with E-state index >= 15 is 0 Å². The van der Waals surface area contributed by atoms with Crippen molar-refractivity contribution in [2.75, 3.05) is 0 Å². The Morgan fingerprint density at radius 1 is 1.19 bits per heavy atom. The lowest BCUT2D eigenvalue weighted by Crippen LogP contribution is -2.16. The van der Waals surface area contributed by atoms with Gasteiger partial charge >= 0.3 is 0 Å². The first-order valence-electron chi connectivity index (χ1n) is 5.96. The molecular formula is C14H9Cl2NO3S. The number of rotatable bonds is 1. The van der Waals surface area contributed by atoms with E-state index in [4.69, 9.17) is 23.2 Å². The molecule has 0 fully saturated rings. The first-order valence-corrected chi connectivity index (χ1v) is 8.36. The number of nitrogens with zero attached hydrogens (tertiary/aromatic N) is 1. The van der Waals surface area contributed by atoms with Crippen LogP contribution in [0.15, 0.2) is 36.5 Å². The van der Waals surface area contributed by atoms with Gasteiger partial charge in [-0.1, -0.05) is 35.3 Å². The predicted molar refractivity (Wildman–Crippen MR) is 82.8 cm³/mol. The second kappa shape index (κ2) is 5.02. The Morgan fingerprint density at radius 3 is 2.67 bits per heavy atom. The van der Waals surface area contributed by atoms with Crippen molar-refractivity contribution in [2.24, 2.45) is 0 Å². The summed E-state index contributed by atoms with van der Waals surface area (Å²) in [5, 5.41) is 10.9. The fourth-order valence-electron chi connectivity index (χ4n) is 2.27. The van der Waals surface area contributed by atoms with Gasteiger partial charge in [0.15, 0.2) is 15.6 Å². The maximum atomic E-state index is 12.5. The van der Waals surface area contributed by atoms with E-state index in [1.807, 2.05) is 0 Å². The van der Waals surface area contributed by atoms with Crippen molar-refractivity contribution in [1.82, 2.24) is 4.98 Å². The molecular weight excluding hydrogens is 333 g/mol. The zero-order valence-corrected chi connectivity index (χ0v) is 12.9. The smallest absolute Gasteiger partial charge is 0.186 e. The van der Waals surface area contributed by atoms with E-state index in [1.54, 1.807) is 12.1 Å². The molecule has 0 aliphatic carbocycles. The molecule has 2 heterocycles. The second-order valence-corrected chi connectivity index (χ2v) is 7.34. The Morgan fingerprint density at radius 2 is 1.95 bits per heavy atom. The molecule has 1 N–H and O–H groups in total. The molecule has 0 saturated heterocycles. The lowest BCUT2D eigenvalue weighted by molar-refractivity contribution is 0.508. The third-order valence-electron chi connectivity index (χ3n) is 3.16. The van der Waals surface area contributed by atoms with Crippen molar-refractivity contribution in [1.29, 1.82) is 0 Å². The minimum absolute atomic E-state index is 0.159. The Bertz CT molecular complexity index is 876. The number of hydrogen-bond donors (Lipinski definition) is 1. The number of halogens is 2. The molecule has 0 unspecified atom stereocenters. The largest absolute Gasteiger partial charge is 0.504 e. The highest BCUT2D eigenvalue weighted by Crippen LogP contribution is 2.40. The summed E-state index contributed by atoms with van der Waals surface area (Å²) in [4.78, 5) is 3.83. The third-order valence-corrected chi connectivity index (χ3v) is 5.44. The molecule has 1 aliphatic heterocycles. The predicted octanol–water partition coefficient (Wildman–Crippen LogP) is 3.70. The van der Waals surface area contributed by atoms with Crippen LogP contribution in [0.1, 0.15) is 16.8 Å². The number of benzene rings is 1. The first-order chi connectivity index (χ1) is 9.90. The molecule has 1 aromatic heterocycles. The third kappa shape index (κ3) is 2.41. The van der Waals surface area contributed by atoms with Gasteiger partial charge in [0.25, 0.3) is 0 Å². The summed E-state index contributed by atoms with van der Waals surface area (Å²) in [7, 11) is -3.71. The van der Waals surface area contributed by atoms with E-state index in [0.717, 1.165) is 0 Å². The highest BCUT2D eigenvalue weighted by molar-refractivity contribution is 8.00. The second-order valence-electron chi connectivity index (χ2n) is 4.57. The van der Waals surface area contributed by atoms with Gasteiger partial charge in [-0.25, -0.2) is 8.42 Å². The number of hydrogen-bond acceptors (Lipinski definition) is 4. The van der Waals surface area contributed by atoms with Gasteiger partial charge in [0.1, 0.15) is 10.6 Å². The van der Waals surface area contributed by atoms with Gasteiger partial charge in [0, 0.05) is 16.8 Å². The van der Waals surface area contributed by atoms with Crippen LogP contribution in [0.25, 0.3) is 10.7 Å². The minimum atomic E-state index is -3.71. The molecule has 1 aromatic carbocycles. The number of fused-ring (bicyclic) bond motifs is 1. The van der Waals surface area contributed by atoms with Gasteiger partial charge in [0.2, 0.25) is 0 Å². The number of sulfone groups is 1. The highest BCUT2D eigenvalue weighted by atomic mass is 35.5.